The van der Waals surface area contributed by atoms with E-state index in [0.717, 1.165) is 32.5 Å². The number of nitrogens with zero attached hydrogens (tertiary/aromatic N) is 2. The summed E-state index contributed by atoms with van der Waals surface area (Å²) in [6.45, 7) is 7.95. The van der Waals surface area contributed by atoms with E-state index in [1.165, 1.54) is 28.3 Å². The van der Waals surface area contributed by atoms with E-state index in [1.54, 1.807) is 0 Å². The van der Waals surface area contributed by atoms with Crippen molar-refractivity contribution in [2.45, 2.75) is 33.2 Å². The smallest absolute Gasteiger partial charge is 0.270 e. The summed E-state index contributed by atoms with van der Waals surface area (Å²) >= 11 is 0. The van der Waals surface area contributed by atoms with E-state index in [2.05, 4.69) is 70.7 Å². The van der Waals surface area contributed by atoms with Crippen molar-refractivity contribution in [1.82, 2.24) is 15.2 Å². The van der Waals surface area contributed by atoms with Crippen molar-refractivity contribution in [3.8, 4) is 17.0 Å². The Hall–Kier alpha value is -3.58. The molecule has 4 rings (SSSR count). The number of nitrogen functional groups attached to an aromatic ring is 2. The number of benzene rings is 2. The third-order valence-electron chi connectivity index (χ3n) is 6.54. The molecule has 1 aliphatic rings. The lowest BCUT2D eigenvalue weighted by atomic mass is 9.96. The predicted molar refractivity (Wildman–Crippen MR) is 141 cm³/mol. The molecule has 2 aromatic carbocycles. The standard InChI is InChI=1S/C28H35N5O2/c1-3-35-28-26(30)24(29)16-25(32-28)27(34)31-17-20-11-13-33(14-12-20)18-21-7-9-22(10-8-21)23-6-4-5-19(2)15-23/h4-10,15-16,20H,3,11-14,17-18,30H2,1-2H3,(H2,29,32)(H,31,34). The molecule has 1 fully saturated rings. The van der Waals surface area contributed by atoms with Gasteiger partial charge in [-0.3, -0.25) is 9.69 Å². The summed E-state index contributed by atoms with van der Waals surface area (Å²) in [6.07, 6.45) is 2.09. The summed E-state index contributed by atoms with van der Waals surface area (Å²) in [4.78, 5) is 19.3. The number of hydrogen-bond acceptors (Lipinski definition) is 6. The highest BCUT2D eigenvalue weighted by atomic mass is 16.5. The minimum absolute atomic E-state index is 0.206. The number of ether oxygens (including phenoxy) is 1. The molecule has 1 saturated heterocycles. The molecule has 1 aliphatic heterocycles. The van der Waals surface area contributed by atoms with Gasteiger partial charge < -0.3 is 21.5 Å². The van der Waals surface area contributed by atoms with Gasteiger partial charge in [-0.05, 0) is 68.5 Å². The van der Waals surface area contributed by atoms with Gasteiger partial charge in [-0.1, -0.05) is 54.1 Å². The topological polar surface area (TPSA) is 106 Å². The number of piperidine rings is 1. The lowest BCUT2D eigenvalue weighted by Gasteiger charge is -2.32. The van der Waals surface area contributed by atoms with Crippen molar-refractivity contribution in [3.05, 3.63) is 71.4 Å². The molecule has 0 unspecified atom stereocenters. The molecule has 0 spiro atoms. The quantitative estimate of drug-likeness (QED) is 0.451. The average Bonchev–Trinajstić information content (AvgIpc) is 2.86. The van der Waals surface area contributed by atoms with Crippen molar-refractivity contribution in [3.63, 3.8) is 0 Å². The molecule has 0 saturated carbocycles. The molecule has 184 valence electrons. The van der Waals surface area contributed by atoms with Crippen LogP contribution in [0.3, 0.4) is 0 Å². The number of hydrogen-bond donors (Lipinski definition) is 3. The number of carbonyl (C=O) groups excluding carboxylic acids is 1. The van der Waals surface area contributed by atoms with Crippen molar-refractivity contribution >= 4 is 17.3 Å². The highest BCUT2D eigenvalue weighted by Crippen LogP contribution is 2.26. The minimum atomic E-state index is -0.256. The van der Waals surface area contributed by atoms with E-state index >= 15 is 0 Å². The zero-order valence-electron chi connectivity index (χ0n) is 20.6. The van der Waals surface area contributed by atoms with Crippen LogP contribution in [0.15, 0.2) is 54.6 Å². The number of pyridine rings is 1. The van der Waals surface area contributed by atoms with Crippen LogP contribution in [0.4, 0.5) is 11.4 Å². The van der Waals surface area contributed by atoms with Crippen LogP contribution in [0.2, 0.25) is 0 Å². The van der Waals surface area contributed by atoms with E-state index in [-0.39, 0.29) is 23.2 Å². The van der Waals surface area contributed by atoms with Gasteiger partial charge in [0.1, 0.15) is 11.4 Å². The second-order valence-corrected chi connectivity index (χ2v) is 9.24. The van der Waals surface area contributed by atoms with Crippen molar-refractivity contribution in [2.24, 2.45) is 5.92 Å². The number of anilines is 2. The van der Waals surface area contributed by atoms with Gasteiger partial charge in [0.2, 0.25) is 5.88 Å². The summed E-state index contributed by atoms with van der Waals surface area (Å²) in [5, 5.41) is 3.00. The van der Waals surface area contributed by atoms with Crippen molar-refractivity contribution < 1.29 is 9.53 Å². The Bertz CT molecular complexity index is 1150. The number of nitrogens with one attached hydrogen (secondary N) is 1. The monoisotopic (exact) mass is 473 g/mol. The van der Waals surface area contributed by atoms with Gasteiger partial charge in [0.25, 0.3) is 5.91 Å². The van der Waals surface area contributed by atoms with E-state index in [9.17, 15) is 4.79 Å². The van der Waals surface area contributed by atoms with Crippen LogP contribution >= 0.6 is 0 Å². The van der Waals surface area contributed by atoms with Gasteiger partial charge in [-0.2, -0.15) is 0 Å². The largest absolute Gasteiger partial charge is 0.476 e. The molecule has 1 amide bonds. The third-order valence-corrected chi connectivity index (χ3v) is 6.54. The maximum absolute atomic E-state index is 12.6. The van der Waals surface area contributed by atoms with E-state index in [1.807, 2.05) is 6.92 Å². The Kier molecular flexibility index (Phi) is 7.87. The Morgan fingerprint density at radius 1 is 1.09 bits per heavy atom. The Morgan fingerprint density at radius 2 is 1.83 bits per heavy atom. The van der Waals surface area contributed by atoms with Crippen LogP contribution in [-0.4, -0.2) is 42.0 Å². The SMILES string of the molecule is CCOc1nc(C(=O)NCC2CCN(Cc3ccc(-c4cccc(C)c4)cc3)CC2)cc(N)c1N. The van der Waals surface area contributed by atoms with Crippen molar-refractivity contribution in [2.75, 3.05) is 37.7 Å². The summed E-state index contributed by atoms with van der Waals surface area (Å²) in [5.74, 6) is 0.392. The van der Waals surface area contributed by atoms with Crippen LogP contribution in [-0.2, 0) is 6.54 Å². The fourth-order valence-corrected chi connectivity index (χ4v) is 4.48. The van der Waals surface area contributed by atoms with Gasteiger partial charge in [-0.15, -0.1) is 0 Å². The molecule has 0 aliphatic carbocycles. The fourth-order valence-electron chi connectivity index (χ4n) is 4.48. The molecule has 0 bridgehead atoms. The van der Waals surface area contributed by atoms with Gasteiger partial charge in [0.05, 0.1) is 12.3 Å². The lowest BCUT2D eigenvalue weighted by Crippen LogP contribution is -2.38. The minimum Gasteiger partial charge on any atom is -0.476 e. The Labute approximate surface area is 207 Å². The Morgan fingerprint density at radius 3 is 2.51 bits per heavy atom. The molecular weight excluding hydrogens is 438 g/mol. The maximum Gasteiger partial charge on any atom is 0.270 e. The van der Waals surface area contributed by atoms with Gasteiger partial charge in [0.15, 0.2) is 0 Å². The molecule has 0 atom stereocenters. The third kappa shape index (κ3) is 6.31. The first-order chi connectivity index (χ1) is 16.9. The predicted octanol–water partition coefficient (Wildman–Crippen LogP) is 4.26. The molecule has 5 N–H and O–H groups in total. The number of rotatable bonds is 8. The van der Waals surface area contributed by atoms with Gasteiger partial charge in [0, 0.05) is 13.1 Å². The number of likely N-dealkylation sites (tertiary alicyclic amines) is 1. The zero-order valence-corrected chi connectivity index (χ0v) is 20.6. The summed E-state index contributed by atoms with van der Waals surface area (Å²) in [5.41, 5.74) is 17.7. The fraction of sp³-hybridized carbons (Fsp3) is 0.357. The number of nitrogens with two attached hydrogens (primary N) is 2. The van der Waals surface area contributed by atoms with Crippen molar-refractivity contribution in [1.29, 1.82) is 0 Å². The zero-order chi connectivity index (χ0) is 24.8. The first-order valence-electron chi connectivity index (χ1n) is 12.3. The van der Waals surface area contributed by atoms with Crippen LogP contribution < -0.4 is 21.5 Å². The van der Waals surface area contributed by atoms with Gasteiger partial charge in [-0.25, -0.2) is 4.98 Å². The van der Waals surface area contributed by atoms with Crippen LogP contribution in [0.25, 0.3) is 11.1 Å². The molecule has 7 nitrogen and oxygen atoms in total. The number of amides is 1. The second-order valence-electron chi connectivity index (χ2n) is 9.24. The van der Waals surface area contributed by atoms with E-state index < -0.39 is 0 Å². The molecule has 1 aromatic heterocycles. The maximum atomic E-state index is 12.6. The summed E-state index contributed by atoms with van der Waals surface area (Å²) < 4.78 is 5.40. The first-order valence-corrected chi connectivity index (χ1v) is 12.3. The lowest BCUT2D eigenvalue weighted by molar-refractivity contribution is 0.0929. The average molecular weight is 474 g/mol. The highest BCUT2D eigenvalue weighted by Gasteiger charge is 2.21. The number of aryl methyl sites for hydroxylation is 1. The van der Waals surface area contributed by atoms with E-state index in [4.69, 9.17) is 16.2 Å². The Balaban J connectivity index is 1.24. The van der Waals surface area contributed by atoms with Gasteiger partial charge >= 0.3 is 0 Å². The highest BCUT2D eigenvalue weighted by molar-refractivity contribution is 5.94. The van der Waals surface area contributed by atoms with Crippen LogP contribution in [0, 0.1) is 12.8 Å². The van der Waals surface area contributed by atoms with Crippen LogP contribution in [0.5, 0.6) is 5.88 Å². The molecule has 7 heteroatoms. The molecular formula is C28H35N5O2. The second kappa shape index (κ2) is 11.2. The van der Waals surface area contributed by atoms with E-state index in [0.29, 0.717) is 24.8 Å². The summed E-state index contributed by atoms with van der Waals surface area (Å²) in [6, 6.07) is 19.0. The molecule has 35 heavy (non-hydrogen) atoms. The normalized spacial score (nSPS) is 14.6. The molecule has 2 heterocycles. The number of carbonyl (C=O) groups is 1. The first kappa shape index (κ1) is 24.5. The van der Waals surface area contributed by atoms with Crippen LogP contribution in [0.1, 0.15) is 41.4 Å². The molecule has 3 aromatic rings. The molecule has 0 radical (unpaired) electrons. The number of aromatic nitrogens is 1. The summed E-state index contributed by atoms with van der Waals surface area (Å²) in [7, 11) is 0.